The summed E-state index contributed by atoms with van der Waals surface area (Å²) in [5.74, 6) is 0.833. The molecule has 64 heavy (non-hydrogen) atoms. The number of fused-ring (bicyclic) bond motifs is 5. The van der Waals surface area contributed by atoms with Crippen LogP contribution < -0.4 is 15.5 Å². The number of allylic oxidation sites excluding steroid dienone is 4. The van der Waals surface area contributed by atoms with Crippen LogP contribution in [-0.4, -0.2) is 0 Å². The summed E-state index contributed by atoms with van der Waals surface area (Å²) < 4.78 is 6.17. The van der Waals surface area contributed by atoms with E-state index in [0.29, 0.717) is 5.42 Å². The van der Waals surface area contributed by atoms with Gasteiger partial charge in [0.15, 0.2) is 0 Å². The van der Waals surface area contributed by atoms with Crippen LogP contribution >= 0.6 is 0 Å². The number of furan rings is 1. The molecule has 2 heteroatoms. The van der Waals surface area contributed by atoms with Crippen molar-refractivity contribution in [1.29, 1.82) is 0 Å². The first kappa shape index (κ1) is 46.9. The van der Waals surface area contributed by atoms with Gasteiger partial charge in [-0.1, -0.05) is 207 Å². The molecule has 0 amide bonds. The van der Waals surface area contributed by atoms with Gasteiger partial charge in [-0.15, -0.1) is 0 Å². The Kier molecular flexibility index (Phi) is 15.5. The number of hydrogen-bond acceptors (Lipinski definition) is 2. The molecule has 2 aliphatic carbocycles. The van der Waals surface area contributed by atoms with Crippen LogP contribution in [0.4, 0.5) is 11.4 Å². The predicted molar refractivity (Wildman–Crippen MR) is 283 cm³/mol. The maximum absolute atomic E-state index is 6.17. The SMILES string of the molecule is C1=CCCC=C1.C=C/C(=c1\c(=C)oc2ccccc12)N(c1ccc(CCC)cc1)c1cc2c(c(C=C)c1C=C)-c1ccc(C)cc1C2(C)C.CC(C)C.Cc1cccc2ccccc12. The highest BCUT2D eigenvalue weighted by atomic mass is 16.3. The second-order valence-corrected chi connectivity index (χ2v) is 17.9. The number of rotatable bonds is 8. The Hall–Kier alpha value is -6.64. The average molecular weight is 842 g/mol. The van der Waals surface area contributed by atoms with Crippen LogP contribution in [0.15, 0.2) is 170 Å². The molecule has 0 bridgehead atoms. The Morgan fingerprint density at radius 1 is 0.734 bits per heavy atom. The first-order valence-electron chi connectivity index (χ1n) is 22.9. The molecule has 0 fully saturated rings. The van der Waals surface area contributed by atoms with Gasteiger partial charge in [0, 0.05) is 22.1 Å². The Morgan fingerprint density at radius 3 is 1.95 bits per heavy atom. The Morgan fingerprint density at radius 2 is 1.36 bits per heavy atom. The molecule has 0 unspecified atom stereocenters. The molecule has 0 spiro atoms. The fourth-order valence-electron chi connectivity index (χ4n) is 8.76. The maximum Gasteiger partial charge on any atom is 0.135 e. The molecule has 0 N–H and O–H groups in total. The molecule has 0 saturated heterocycles. The van der Waals surface area contributed by atoms with E-state index in [9.17, 15) is 0 Å². The molecule has 7 aromatic rings. The number of benzene rings is 6. The van der Waals surface area contributed by atoms with Gasteiger partial charge >= 0.3 is 0 Å². The maximum atomic E-state index is 6.17. The van der Waals surface area contributed by atoms with Crippen molar-refractivity contribution < 1.29 is 4.42 Å². The van der Waals surface area contributed by atoms with E-state index in [1.165, 1.54) is 62.6 Å². The first-order chi connectivity index (χ1) is 30.9. The zero-order valence-corrected chi connectivity index (χ0v) is 39.6. The lowest BCUT2D eigenvalue weighted by Crippen LogP contribution is -2.30. The summed E-state index contributed by atoms with van der Waals surface area (Å²) >= 11 is 0. The highest BCUT2D eigenvalue weighted by Gasteiger charge is 2.38. The third-order valence-corrected chi connectivity index (χ3v) is 11.8. The van der Waals surface area contributed by atoms with E-state index in [-0.39, 0.29) is 5.41 Å². The van der Waals surface area contributed by atoms with Gasteiger partial charge in [-0.05, 0) is 119 Å². The molecule has 6 aromatic carbocycles. The van der Waals surface area contributed by atoms with Crippen molar-refractivity contribution in [3.63, 3.8) is 0 Å². The van der Waals surface area contributed by atoms with Crippen molar-refractivity contribution in [2.24, 2.45) is 5.92 Å². The number of nitrogens with zero attached hydrogens (tertiary/aromatic N) is 1. The van der Waals surface area contributed by atoms with E-state index in [2.05, 4.69) is 208 Å². The minimum Gasteiger partial charge on any atom is -0.457 e. The first-order valence-corrected chi connectivity index (χ1v) is 22.9. The monoisotopic (exact) mass is 842 g/mol. The zero-order chi connectivity index (χ0) is 46.0. The number of aryl methyl sites for hydroxylation is 3. The van der Waals surface area contributed by atoms with Gasteiger partial charge in [0.2, 0.25) is 0 Å². The van der Waals surface area contributed by atoms with Crippen molar-refractivity contribution in [1.82, 2.24) is 0 Å². The van der Waals surface area contributed by atoms with Gasteiger partial charge in [0.05, 0.1) is 16.6 Å². The summed E-state index contributed by atoms with van der Waals surface area (Å²) in [4.78, 5) is 2.29. The largest absolute Gasteiger partial charge is 0.457 e. The molecule has 0 aliphatic heterocycles. The van der Waals surface area contributed by atoms with Crippen LogP contribution in [0.3, 0.4) is 0 Å². The lowest BCUT2D eigenvalue weighted by Gasteiger charge is -2.31. The molecule has 0 radical (unpaired) electrons. The van der Waals surface area contributed by atoms with Gasteiger partial charge < -0.3 is 9.32 Å². The quantitative estimate of drug-likeness (QED) is 0.152. The Labute approximate surface area is 383 Å². The summed E-state index contributed by atoms with van der Waals surface area (Å²) in [6.07, 6.45) is 19.0. The topological polar surface area (TPSA) is 16.4 Å². The summed E-state index contributed by atoms with van der Waals surface area (Å²) in [5, 5.41) is 4.61. The van der Waals surface area contributed by atoms with E-state index in [0.717, 1.165) is 63.1 Å². The van der Waals surface area contributed by atoms with E-state index in [1.807, 2.05) is 36.4 Å². The van der Waals surface area contributed by atoms with Crippen molar-refractivity contribution >= 4 is 57.5 Å². The second kappa shape index (κ2) is 21.2. The molecule has 9 rings (SSSR count). The van der Waals surface area contributed by atoms with E-state index < -0.39 is 0 Å². The van der Waals surface area contributed by atoms with Gasteiger partial charge in [-0.3, -0.25) is 0 Å². The van der Waals surface area contributed by atoms with Crippen molar-refractivity contribution in [2.75, 3.05) is 4.90 Å². The Balaban J connectivity index is 0.000000263. The summed E-state index contributed by atoms with van der Waals surface area (Å²) in [7, 11) is 0. The minimum absolute atomic E-state index is 0.201. The number of para-hydroxylation sites is 1. The molecule has 0 atom stereocenters. The summed E-state index contributed by atoms with van der Waals surface area (Å²) in [5.41, 5.74) is 15.3. The van der Waals surface area contributed by atoms with Crippen molar-refractivity contribution in [3.05, 3.63) is 215 Å². The standard InChI is InChI=1S/C41H39NO.C11H10.C6H8.C4H10/c1-9-15-28-19-21-29(22-20-28)42(36(12-4)39-27(6)43-38-17-14-13-16-33(38)39)37-25-35-40(31(11-3)30(37)10-2)32-23-18-26(5)24-34(32)41(35,7)8;1-9-5-4-7-10-6-2-3-8-11(9)10;1-2-4-6-5-3-1;1-4(2)3/h10-14,16-25H,2-4,6,9,15H2,1,5,7-8H3;2-8H,1H3;1-4H,5-6H2;4H,1-3H3/b39-36-;;;. The minimum atomic E-state index is -0.201. The van der Waals surface area contributed by atoms with Gasteiger partial charge in [0.1, 0.15) is 11.0 Å². The van der Waals surface area contributed by atoms with E-state index in [4.69, 9.17) is 4.42 Å². The third kappa shape index (κ3) is 10.1. The lowest BCUT2D eigenvalue weighted by atomic mass is 9.80. The van der Waals surface area contributed by atoms with Crippen LogP contribution in [0, 0.1) is 19.8 Å². The third-order valence-electron chi connectivity index (χ3n) is 11.8. The second-order valence-electron chi connectivity index (χ2n) is 17.9. The Bertz CT molecular complexity index is 2930. The molecule has 2 aliphatic rings. The van der Waals surface area contributed by atoms with Gasteiger partial charge in [-0.25, -0.2) is 0 Å². The number of anilines is 2. The van der Waals surface area contributed by atoms with Crippen LogP contribution in [0.25, 0.3) is 57.3 Å². The predicted octanol–water partition coefficient (Wildman–Crippen LogP) is 16.5. The van der Waals surface area contributed by atoms with E-state index >= 15 is 0 Å². The number of hydrogen-bond donors (Lipinski definition) is 0. The zero-order valence-electron chi connectivity index (χ0n) is 39.6. The molecule has 2 nitrogen and oxygen atoms in total. The molecular formula is C62H67NO. The van der Waals surface area contributed by atoms with E-state index in [1.54, 1.807) is 0 Å². The fraction of sp³-hybridized carbons (Fsp3) is 0.226. The van der Waals surface area contributed by atoms with Crippen LogP contribution in [0.2, 0.25) is 0 Å². The average Bonchev–Trinajstić information content (AvgIpc) is 3.74. The summed E-state index contributed by atoms with van der Waals surface area (Å²) in [6, 6.07) is 40.9. The fourth-order valence-corrected chi connectivity index (χ4v) is 8.76. The molecule has 1 aromatic heterocycles. The van der Waals surface area contributed by atoms with Gasteiger partial charge in [-0.2, -0.15) is 0 Å². The van der Waals surface area contributed by atoms with Crippen molar-refractivity contribution in [3.8, 4) is 11.1 Å². The van der Waals surface area contributed by atoms with Crippen molar-refractivity contribution in [2.45, 2.75) is 86.5 Å². The summed E-state index contributed by atoms with van der Waals surface area (Å²) in [6.45, 7) is 34.9. The normalized spacial score (nSPS) is 13.3. The smallest absolute Gasteiger partial charge is 0.135 e. The molecule has 0 saturated carbocycles. The highest BCUT2D eigenvalue weighted by Crippen LogP contribution is 2.54. The lowest BCUT2D eigenvalue weighted by molar-refractivity contribution is 0.577. The van der Waals surface area contributed by atoms with Crippen LogP contribution in [-0.2, 0) is 11.8 Å². The molecule has 1 heterocycles. The van der Waals surface area contributed by atoms with Crippen LogP contribution in [0.1, 0.15) is 99.7 Å². The molecule has 326 valence electrons. The van der Waals surface area contributed by atoms with Crippen LogP contribution in [0.5, 0.6) is 0 Å². The highest BCUT2D eigenvalue weighted by molar-refractivity contribution is 5.99. The van der Waals surface area contributed by atoms with Gasteiger partial charge in [0.25, 0.3) is 0 Å². The molecular weight excluding hydrogens is 775 g/mol.